The van der Waals surface area contributed by atoms with Crippen LogP contribution in [0.5, 0.6) is 0 Å². The maximum absolute atomic E-state index is 13.8. The van der Waals surface area contributed by atoms with Gasteiger partial charge in [-0.3, -0.25) is 0 Å². The molecular weight excluding hydrogens is 263 g/mol. The van der Waals surface area contributed by atoms with Crippen molar-refractivity contribution < 1.29 is 13.2 Å². The van der Waals surface area contributed by atoms with Crippen LogP contribution in [0.2, 0.25) is 0 Å². The lowest BCUT2D eigenvalue weighted by Gasteiger charge is -2.08. The van der Waals surface area contributed by atoms with E-state index in [4.69, 9.17) is 0 Å². The van der Waals surface area contributed by atoms with E-state index in [0.717, 1.165) is 17.0 Å². The van der Waals surface area contributed by atoms with Gasteiger partial charge in [0.15, 0.2) is 17.5 Å². The monoisotopic (exact) mass is 273 g/mol. The number of hydrogen-bond donors (Lipinski definition) is 0. The van der Waals surface area contributed by atoms with E-state index in [2.05, 4.69) is 4.98 Å². The number of benzene rings is 2. The molecule has 1 nitrogen and oxygen atoms in total. The van der Waals surface area contributed by atoms with Crippen molar-refractivity contribution in [3.63, 3.8) is 0 Å². The van der Waals surface area contributed by atoms with E-state index in [0.29, 0.717) is 5.52 Å². The molecule has 0 saturated heterocycles. The Labute approximate surface area is 113 Å². The van der Waals surface area contributed by atoms with Gasteiger partial charge in [0.1, 0.15) is 0 Å². The van der Waals surface area contributed by atoms with E-state index in [9.17, 15) is 13.2 Å². The Bertz CT molecular complexity index is 812. The highest BCUT2D eigenvalue weighted by atomic mass is 19.2. The molecule has 0 unspecified atom stereocenters. The summed E-state index contributed by atoms with van der Waals surface area (Å²) in [5, 5.41) is 0.944. The lowest BCUT2D eigenvalue weighted by Crippen LogP contribution is -1.96. The van der Waals surface area contributed by atoms with Gasteiger partial charge in [0, 0.05) is 10.9 Å². The maximum Gasteiger partial charge on any atom is 0.195 e. The van der Waals surface area contributed by atoms with Gasteiger partial charge in [-0.25, -0.2) is 18.2 Å². The van der Waals surface area contributed by atoms with Crippen LogP contribution in [0.3, 0.4) is 0 Å². The van der Waals surface area contributed by atoms with Crippen molar-refractivity contribution in [2.75, 3.05) is 0 Å². The first-order chi connectivity index (χ1) is 9.58. The largest absolute Gasteiger partial charge is 0.248 e. The summed E-state index contributed by atoms with van der Waals surface area (Å²) < 4.78 is 40.1. The van der Waals surface area contributed by atoms with Crippen LogP contribution in [-0.2, 0) is 0 Å². The molecule has 0 amide bonds. The standard InChI is InChI=1S/C16H10F3N/c1-9-8-14(20-13-5-3-2-4-10(9)13)11-6-7-12(17)16(19)15(11)18/h2-8H,1H3. The number of rotatable bonds is 1. The zero-order chi connectivity index (χ0) is 14.3. The highest BCUT2D eigenvalue weighted by molar-refractivity contribution is 5.84. The zero-order valence-electron chi connectivity index (χ0n) is 10.6. The molecule has 0 aliphatic rings. The summed E-state index contributed by atoms with van der Waals surface area (Å²) in [6.45, 7) is 1.87. The predicted molar refractivity (Wildman–Crippen MR) is 71.8 cm³/mol. The summed E-state index contributed by atoms with van der Waals surface area (Å²) >= 11 is 0. The van der Waals surface area contributed by atoms with E-state index in [-0.39, 0.29) is 11.3 Å². The minimum absolute atomic E-state index is 0.0437. The average molecular weight is 273 g/mol. The number of hydrogen-bond acceptors (Lipinski definition) is 1. The van der Waals surface area contributed by atoms with Gasteiger partial charge in [-0.1, -0.05) is 18.2 Å². The van der Waals surface area contributed by atoms with E-state index in [1.807, 2.05) is 25.1 Å². The SMILES string of the molecule is Cc1cc(-c2ccc(F)c(F)c2F)nc2ccccc12. The van der Waals surface area contributed by atoms with Gasteiger partial charge in [0.25, 0.3) is 0 Å². The molecule has 0 bridgehead atoms. The molecule has 1 aromatic heterocycles. The van der Waals surface area contributed by atoms with Crippen LogP contribution in [-0.4, -0.2) is 4.98 Å². The summed E-state index contributed by atoms with van der Waals surface area (Å²) in [4.78, 5) is 4.31. The Hall–Kier alpha value is -2.36. The Balaban J connectivity index is 2.28. The number of pyridine rings is 1. The first-order valence-corrected chi connectivity index (χ1v) is 6.08. The number of halogens is 3. The van der Waals surface area contributed by atoms with Crippen molar-refractivity contribution in [1.29, 1.82) is 0 Å². The fourth-order valence-electron chi connectivity index (χ4n) is 2.21. The number of para-hydroxylation sites is 1. The third kappa shape index (κ3) is 1.93. The van der Waals surface area contributed by atoms with Crippen LogP contribution < -0.4 is 0 Å². The molecule has 0 fully saturated rings. The van der Waals surface area contributed by atoms with Gasteiger partial charge in [-0.05, 0) is 36.8 Å². The number of nitrogens with zero attached hydrogens (tertiary/aromatic N) is 1. The van der Waals surface area contributed by atoms with Gasteiger partial charge in [-0.15, -0.1) is 0 Å². The maximum atomic E-state index is 13.8. The molecule has 0 spiro atoms. The molecule has 0 N–H and O–H groups in total. The van der Waals surface area contributed by atoms with E-state index in [1.165, 1.54) is 6.07 Å². The Morgan fingerprint density at radius 2 is 1.65 bits per heavy atom. The van der Waals surface area contributed by atoms with Gasteiger partial charge in [0.2, 0.25) is 0 Å². The molecule has 0 aliphatic carbocycles. The lowest BCUT2D eigenvalue weighted by molar-refractivity contribution is 0.449. The van der Waals surface area contributed by atoms with Crippen LogP contribution in [0.4, 0.5) is 13.2 Å². The summed E-state index contributed by atoms with van der Waals surface area (Å²) in [6.07, 6.45) is 0. The van der Waals surface area contributed by atoms with Crippen molar-refractivity contribution in [2.24, 2.45) is 0 Å². The van der Waals surface area contributed by atoms with Crippen molar-refractivity contribution in [3.05, 3.63) is 65.5 Å². The zero-order valence-corrected chi connectivity index (χ0v) is 10.6. The highest BCUT2D eigenvalue weighted by Crippen LogP contribution is 2.28. The molecule has 2 aromatic carbocycles. The minimum atomic E-state index is -1.48. The van der Waals surface area contributed by atoms with Gasteiger partial charge in [-0.2, -0.15) is 0 Å². The lowest BCUT2D eigenvalue weighted by atomic mass is 10.0. The van der Waals surface area contributed by atoms with Gasteiger partial charge < -0.3 is 0 Å². The molecule has 0 atom stereocenters. The van der Waals surface area contributed by atoms with E-state index >= 15 is 0 Å². The van der Waals surface area contributed by atoms with Crippen molar-refractivity contribution in [3.8, 4) is 11.3 Å². The van der Waals surface area contributed by atoms with Crippen LogP contribution in [0, 0.1) is 24.4 Å². The predicted octanol–water partition coefficient (Wildman–Crippen LogP) is 4.63. The molecule has 100 valence electrons. The third-order valence-corrected chi connectivity index (χ3v) is 3.23. The second kappa shape index (κ2) is 4.63. The Morgan fingerprint density at radius 1 is 0.900 bits per heavy atom. The van der Waals surface area contributed by atoms with E-state index in [1.54, 1.807) is 12.1 Å². The molecule has 3 aromatic rings. The molecule has 4 heteroatoms. The quantitative estimate of drug-likeness (QED) is 0.589. The van der Waals surface area contributed by atoms with Gasteiger partial charge in [0.05, 0.1) is 11.2 Å². The fourth-order valence-corrected chi connectivity index (χ4v) is 2.21. The van der Waals surface area contributed by atoms with Crippen molar-refractivity contribution >= 4 is 10.9 Å². The second-order valence-corrected chi connectivity index (χ2v) is 4.56. The number of aromatic nitrogens is 1. The highest BCUT2D eigenvalue weighted by Gasteiger charge is 2.16. The molecule has 1 heterocycles. The minimum Gasteiger partial charge on any atom is -0.248 e. The second-order valence-electron chi connectivity index (χ2n) is 4.56. The topological polar surface area (TPSA) is 12.9 Å². The molecule has 0 saturated carbocycles. The summed E-state index contributed by atoms with van der Waals surface area (Å²) in [5.74, 6) is -3.90. The fraction of sp³-hybridized carbons (Fsp3) is 0.0625. The third-order valence-electron chi connectivity index (χ3n) is 3.23. The Kier molecular flexibility index (Phi) is 2.93. The average Bonchev–Trinajstić information content (AvgIpc) is 2.45. The van der Waals surface area contributed by atoms with Crippen LogP contribution in [0.25, 0.3) is 22.2 Å². The first-order valence-electron chi connectivity index (χ1n) is 6.08. The van der Waals surface area contributed by atoms with Crippen LogP contribution >= 0.6 is 0 Å². The van der Waals surface area contributed by atoms with Crippen LogP contribution in [0.15, 0.2) is 42.5 Å². The summed E-state index contributed by atoms with van der Waals surface area (Å²) in [6, 6.07) is 11.2. The Morgan fingerprint density at radius 3 is 2.45 bits per heavy atom. The summed E-state index contributed by atoms with van der Waals surface area (Å²) in [7, 11) is 0. The molecule has 20 heavy (non-hydrogen) atoms. The van der Waals surface area contributed by atoms with Gasteiger partial charge >= 0.3 is 0 Å². The molecule has 0 radical (unpaired) electrons. The van der Waals surface area contributed by atoms with Crippen LogP contribution in [0.1, 0.15) is 5.56 Å². The number of fused-ring (bicyclic) bond motifs is 1. The summed E-state index contributed by atoms with van der Waals surface area (Å²) in [5.41, 5.74) is 1.83. The first kappa shape index (κ1) is 12.7. The smallest absolute Gasteiger partial charge is 0.195 e. The molecule has 3 rings (SSSR count). The van der Waals surface area contributed by atoms with Crippen molar-refractivity contribution in [1.82, 2.24) is 4.98 Å². The van der Waals surface area contributed by atoms with E-state index < -0.39 is 17.5 Å². The number of aryl methyl sites for hydroxylation is 1. The normalized spacial score (nSPS) is 11.0. The molecule has 0 aliphatic heterocycles. The van der Waals surface area contributed by atoms with Crippen molar-refractivity contribution in [2.45, 2.75) is 6.92 Å². The molecular formula is C16H10F3N.